The van der Waals surface area contributed by atoms with Gasteiger partial charge < -0.3 is 15.8 Å². The Bertz CT molecular complexity index is 223. The van der Waals surface area contributed by atoms with Crippen LogP contribution in [0, 0.1) is 0 Å². The van der Waals surface area contributed by atoms with Crippen LogP contribution in [0.5, 0.6) is 0 Å². The second-order valence-corrected chi connectivity index (χ2v) is 2.95. The average Bonchev–Trinajstić information content (AvgIpc) is 2.51. The van der Waals surface area contributed by atoms with E-state index in [1.807, 2.05) is 5.32 Å². The van der Waals surface area contributed by atoms with Crippen molar-refractivity contribution in [2.45, 2.75) is 12.0 Å². The normalized spacial score (nSPS) is 27.2. The molecular formula is C7H13N3O3. The molecule has 0 aromatic carbocycles. The maximum Gasteiger partial charge on any atom is 0.318 e. The Hall–Kier alpha value is -1.14. The van der Waals surface area contributed by atoms with Gasteiger partial charge in [0, 0.05) is 13.0 Å². The number of urea groups is 1. The van der Waals surface area contributed by atoms with E-state index < -0.39 is 17.5 Å². The molecule has 3 amide bonds. The van der Waals surface area contributed by atoms with E-state index >= 15 is 0 Å². The fourth-order valence-corrected chi connectivity index (χ4v) is 1.29. The van der Waals surface area contributed by atoms with E-state index in [9.17, 15) is 9.59 Å². The summed E-state index contributed by atoms with van der Waals surface area (Å²) < 4.78 is 5.08. The third kappa shape index (κ3) is 1.96. The van der Waals surface area contributed by atoms with Crippen LogP contribution in [0.4, 0.5) is 4.79 Å². The van der Waals surface area contributed by atoms with Gasteiger partial charge in [-0.2, -0.15) is 0 Å². The summed E-state index contributed by atoms with van der Waals surface area (Å²) in [5.74, 6) is -0.431. The van der Waals surface area contributed by atoms with Gasteiger partial charge in [-0.05, 0) is 7.05 Å². The second-order valence-electron chi connectivity index (χ2n) is 2.95. The average molecular weight is 187 g/mol. The first-order chi connectivity index (χ1) is 6.10. The fourth-order valence-electron chi connectivity index (χ4n) is 1.29. The van der Waals surface area contributed by atoms with E-state index in [0.29, 0.717) is 13.0 Å². The zero-order chi connectivity index (χ0) is 9.90. The van der Waals surface area contributed by atoms with Crippen molar-refractivity contribution in [3.63, 3.8) is 0 Å². The van der Waals surface area contributed by atoms with Gasteiger partial charge in [0.15, 0.2) is 0 Å². The van der Waals surface area contributed by atoms with Crippen LogP contribution in [0.25, 0.3) is 0 Å². The molecule has 1 fully saturated rings. The van der Waals surface area contributed by atoms with Crippen molar-refractivity contribution in [1.29, 1.82) is 0 Å². The molecule has 0 aliphatic carbocycles. The van der Waals surface area contributed by atoms with E-state index in [2.05, 4.69) is 5.32 Å². The van der Waals surface area contributed by atoms with Gasteiger partial charge in [0.2, 0.25) is 0 Å². The predicted octanol–water partition coefficient (Wildman–Crippen LogP) is -1.44. The third-order valence-corrected chi connectivity index (χ3v) is 2.17. The standard InChI is InChI=1S/C7H13N3O3/c1-9-7(2-3-13-4-7)5(11)10-6(8)12/h9H,2-4H2,1H3,(H3,8,10,11,12). The minimum absolute atomic E-state index is 0.266. The van der Waals surface area contributed by atoms with Crippen molar-refractivity contribution in [3.05, 3.63) is 0 Å². The number of carbonyl (C=O) groups excluding carboxylic acids is 2. The Labute approximate surface area is 75.8 Å². The number of hydrogen-bond donors (Lipinski definition) is 3. The van der Waals surface area contributed by atoms with Gasteiger partial charge in [0.25, 0.3) is 5.91 Å². The van der Waals surface area contributed by atoms with Gasteiger partial charge in [-0.25, -0.2) is 4.79 Å². The van der Waals surface area contributed by atoms with Gasteiger partial charge in [-0.1, -0.05) is 0 Å². The molecule has 1 saturated heterocycles. The maximum absolute atomic E-state index is 11.5. The van der Waals surface area contributed by atoms with E-state index in [0.717, 1.165) is 0 Å². The van der Waals surface area contributed by atoms with Crippen LogP contribution in [-0.2, 0) is 9.53 Å². The fraction of sp³-hybridized carbons (Fsp3) is 0.714. The highest BCUT2D eigenvalue weighted by molar-refractivity contribution is 5.99. The van der Waals surface area contributed by atoms with Crippen LogP contribution in [0.2, 0.25) is 0 Å². The van der Waals surface area contributed by atoms with Crippen molar-refractivity contribution < 1.29 is 14.3 Å². The van der Waals surface area contributed by atoms with Gasteiger partial charge in [0.05, 0.1) is 6.61 Å². The highest BCUT2D eigenvalue weighted by Crippen LogP contribution is 2.17. The van der Waals surface area contributed by atoms with Gasteiger partial charge >= 0.3 is 6.03 Å². The van der Waals surface area contributed by atoms with Crippen molar-refractivity contribution in [2.75, 3.05) is 20.3 Å². The van der Waals surface area contributed by atoms with Crippen LogP contribution < -0.4 is 16.4 Å². The molecule has 0 saturated carbocycles. The van der Waals surface area contributed by atoms with Gasteiger partial charge in [0.1, 0.15) is 5.54 Å². The molecule has 0 aromatic rings. The summed E-state index contributed by atoms with van der Waals surface area (Å²) in [5, 5.41) is 4.87. The van der Waals surface area contributed by atoms with Crippen LogP contribution in [0.15, 0.2) is 0 Å². The van der Waals surface area contributed by atoms with Crippen molar-refractivity contribution in [3.8, 4) is 0 Å². The molecule has 1 unspecified atom stereocenters. The summed E-state index contributed by atoms with van der Waals surface area (Å²) in [6.07, 6.45) is 0.544. The summed E-state index contributed by atoms with van der Waals surface area (Å²) in [6, 6.07) is -0.841. The largest absolute Gasteiger partial charge is 0.379 e. The first kappa shape index (κ1) is 9.94. The zero-order valence-electron chi connectivity index (χ0n) is 7.42. The van der Waals surface area contributed by atoms with Crippen LogP contribution in [0.1, 0.15) is 6.42 Å². The molecule has 1 aliphatic heterocycles. The first-order valence-electron chi connectivity index (χ1n) is 3.98. The molecule has 1 rings (SSSR count). The Balaban J connectivity index is 2.65. The Kier molecular flexibility index (Phi) is 2.84. The van der Waals surface area contributed by atoms with Gasteiger partial charge in [-0.15, -0.1) is 0 Å². The highest BCUT2D eigenvalue weighted by atomic mass is 16.5. The Morgan fingerprint density at radius 1 is 1.54 bits per heavy atom. The summed E-state index contributed by atoms with van der Waals surface area (Å²) in [4.78, 5) is 21.9. The molecule has 0 bridgehead atoms. The molecule has 1 aliphatic rings. The van der Waals surface area contributed by atoms with E-state index in [4.69, 9.17) is 10.5 Å². The summed E-state index contributed by atoms with van der Waals surface area (Å²) in [7, 11) is 1.65. The molecule has 13 heavy (non-hydrogen) atoms. The number of hydrogen-bond acceptors (Lipinski definition) is 4. The van der Waals surface area contributed by atoms with E-state index in [1.165, 1.54) is 0 Å². The molecule has 1 heterocycles. The lowest BCUT2D eigenvalue weighted by Crippen LogP contribution is -2.58. The summed E-state index contributed by atoms with van der Waals surface area (Å²) in [5.41, 5.74) is 4.04. The molecule has 0 spiro atoms. The van der Waals surface area contributed by atoms with E-state index in [1.54, 1.807) is 7.05 Å². The monoisotopic (exact) mass is 187 g/mol. The lowest BCUT2D eigenvalue weighted by Gasteiger charge is -2.24. The Morgan fingerprint density at radius 2 is 2.23 bits per heavy atom. The quantitative estimate of drug-likeness (QED) is 0.493. The van der Waals surface area contributed by atoms with E-state index in [-0.39, 0.29) is 6.61 Å². The number of ether oxygens (including phenoxy) is 1. The minimum Gasteiger partial charge on any atom is -0.379 e. The molecule has 74 valence electrons. The number of carbonyl (C=O) groups is 2. The number of likely N-dealkylation sites (N-methyl/N-ethyl adjacent to an activating group) is 1. The van der Waals surface area contributed by atoms with Crippen molar-refractivity contribution in [1.82, 2.24) is 10.6 Å². The molecule has 0 aromatic heterocycles. The number of rotatable bonds is 2. The second kappa shape index (κ2) is 3.71. The number of nitrogens with two attached hydrogens (primary N) is 1. The smallest absolute Gasteiger partial charge is 0.318 e. The lowest BCUT2D eigenvalue weighted by atomic mass is 9.98. The topological polar surface area (TPSA) is 93.5 Å². The minimum atomic E-state index is -0.841. The maximum atomic E-state index is 11.5. The molecular weight excluding hydrogens is 174 g/mol. The summed E-state index contributed by atoms with van der Waals surface area (Å²) >= 11 is 0. The zero-order valence-corrected chi connectivity index (χ0v) is 7.42. The number of imide groups is 1. The lowest BCUT2D eigenvalue weighted by molar-refractivity contribution is -0.126. The molecule has 6 nitrogen and oxygen atoms in total. The molecule has 0 radical (unpaired) electrons. The van der Waals surface area contributed by atoms with Crippen LogP contribution >= 0.6 is 0 Å². The first-order valence-corrected chi connectivity index (χ1v) is 3.98. The summed E-state index contributed by atoms with van der Waals surface area (Å²) in [6.45, 7) is 0.773. The number of amides is 3. The molecule has 1 atom stereocenters. The molecule has 6 heteroatoms. The van der Waals surface area contributed by atoms with Crippen LogP contribution in [-0.4, -0.2) is 37.7 Å². The SMILES string of the molecule is CNC1(C(=O)NC(N)=O)CCOC1. The number of primary amides is 1. The number of nitrogens with one attached hydrogen (secondary N) is 2. The van der Waals surface area contributed by atoms with Gasteiger partial charge in [-0.3, -0.25) is 10.1 Å². The van der Waals surface area contributed by atoms with Crippen LogP contribution in [0.3, 0.4) is 0 Å². The Morgan fingerprint density at radius 3 is 2.62 bits per heavy atom. The van der Waals surface area contributed by atoms with Crippen molar-refractivity contribution >= 4 is 11.9 Å². The predicted molar refractivity (Wildman–Crippen MR) is 45.0 cm³/mol. The highest BCUT2D eigenvalue weighted by Gasteiger charge is 2.41. The molecule has 4 N–H and O–H groups in total. The van der Waals surface area contributed by atoms with Crippen molar-refractivity contribution in [2.24, 2.45) is 5.73 Å². The third-order valence-electron chi connectivity index (χ3n) is 2.17.